The molecule has 66 valence electrons. The molecule has 1 rings (SSSR count). The molecular weight excluding hydrogens is 134 g/mol. The summed E-state index contributed by atoms with van der Waals surface area (Å²) in [6, 6.07) is 0. The van der Waals surface area contributed by atoms with Gasteiger partial charge in [-0.05, 0) is 31.2 Å². The van der Waals surface area contributed by atoms with Crippen molar-refractivity contribution in [3.63, 3.8) is 0 Å². The summed E-state index contributed by atoms with van der Waals surface area (Å²) in [4.78, 5) is 0. The van der Waals surface area contributed by atoms with Crippen LogP contribution < -0.4 is 5.73 Å². The minimum Gasteiger partial charge on any atom is -0.330 e. The second-order valence-corrected chi connectivity index (χ2v) is 3.91. The van der Waals surface area contributed by atoms with Gasteiger partial charge in [0.25, 0.3) is 0 Å². The molecule has 0 aromatic heterocycles. The zero-order chi connectivity index (χ0) is 8.10. The highest BCUT2D eigenvalue weighted by atomic mass is 14.5. The van der Waals surface area contributed by atoms with Crippen LogP contribution in [-0.2, 0) is 0 Å². The lowest BCUT2D eigenvalue weighted by Crippen LogP contribution is -2.21. The predicted molar refractivity (Wildman–Crippen MR) is 49.4 cm³/mol. The molecule has 1 fully saturated rings. The second-order valence-electron chi connectivity index (χ2n) is 3.91. The third-order valence-corrected chi connectivity index (χ3v) is 3.00. The Kier molecular flexibility index (Phi) is 3.92. The van der Waals surface area contributed by atoms with Crippen molar-refractivity contribution in [2.75, 3.05) is 6.54 Å². The van der Waals surface area contributed by atoms with E-state index < -0.39 is 0 Å². The lowest BCUT2D eigenvalue weighted by Gasteiger charge is -2.27. The Hall–Kier alpha value is -0.0400. The van der Waals surface area contributed by atoms with E-state index in [1.165, 1.54) is 38.5 Å². The lowest BCUT2D eigenvalue weighted by atomic mass is 9.80. The monoisotopic (exact) mass is 155 g/mol. The molecule has 1 saturated carbocycles. The average molecular weight is 155 g/mol. The van der Waals surface area contributed by atoms with Crippen molar-refractivity contribution in [2.45, 2.75) is 45.4 Å². The molecule has 0 saturated heterocycles. The summed E-state index contributed by atoms with van der Waals surface area (Å²) in [7, 11) is 0. The van der Waals surface area contributed by atoms with E-state index in [1.807, 2.05) is 0 Å². The molecule has 0 unspecified atom stereocenters. The summed E-state index contributed by atoms with van der Waals surface area (Å²) in [5, 5.41) is 0. The van der Waals surface area contributed by atoms with Gasteiger partial charge in [0.1, 0.15) is 0 Å². The predicted octanol–water partition coefficient (Wildman–Crippen LogP) is 2.55. The molecule has 11 heavy (non-hydrogen) atoms. The van der Waals surface area contributed by atoms with Crippen LogP contribution in [0.3, 0.4) is 0 Å². The van der Waals surface area contributed by atoms with Gasteiger partial charge in [-0.15, -0.1) is 0 Å². The molecule has 0 atom stereocenters. The normalized spacial score (nSPS) is 32.2. The molecule has 1 aliphatic carbocycles. The summed E-state index contributed by atoms with van der Waals surface area (Å²) >= 11 is 0. The molecule has 0 heterocycles. The Morgan fingerprint density at radius 1 is 1.09 bits per heavy atom. The largest absolute Gasteiger partial charge is 0.330 e. The average Bonchev–Trinajstić information content (AvgIpc) is 2.07. The number of hydrogen-bond donors (Lipinski definition) is 1. The zero-order valence-electron chi connectivity index (χ0n) is 7.68. The fraction of sp³-hybridized carbons (Fsp3) is 1.00. The Labute approximate surface area is 70.4 Å². The van der Waals surface area contributed by atoms with E-state index in [2.05, 4.69) is 6.92 Å². The number of nitrogens with two attached hydrogens (primary N) is 1. The maximum Gasteiger partial charge on any atom is -0.00489 e. The van der Waals surface area contributed by atoms with E-state index in [-0.39, 0.29) is 0 Å². The van der Waals surface area contributed by atoms with Crippen LogP contribution in [0.5, 0.6) is 0 Å². The van der Waals surface area contributed by atoms with E-state index >= 15 is 0 Å². The molecule has 1 nitrogen and oxygen atoms in total. The van der Waals surface area contributed by atoms with Gasteiger partial charge in [-0.2, -0.15) is 0 Å². The van der Waals surface area contributed by atoms with Crippen LogP contribution in [0.15, 0.2) is 0 Å². The van der Waals surface area contributed by atoms with Crippen LogP contribution in [-0.4, -0.2) is 6.54 Å². The minimum absolute atomic E-state index is 0.850. The van der Waals surface area contributed by atoms with Gasteiger partial charge in [0.15, 0.2) is 0 Å². The quantitative estimate of drug-likeness (QED) is 0.666. The van der Waals surface area contributed by atoms with Crippen molar-refractivity contribution in [1.82, 2.24) is 0 Å². The molecule has 0 aromatic carbocycles. The molecule has 0 aromatic rings. The molecular formula is C10H21N. The molecule has 1 heteroatoms. The highest BCUT2D eigenvalue weighted by Gasteiger charge is 2.18. The van der Waals surface area contributed by atoms with Crippen molar-refractivity contribution in [1.29, 1.82) is 0 Å². The van der Waals surface area contributed by atoms with Crippen LogP contribution in [0.2, 0.25) is 0 Å². The summed E-state index contributed by atoms with van der Waals surface area (Å²) in [5.74, 6) is 1.88. The summed E-state index contributed by atoms with van der Waals surface area (Å²) < 4.78 is 0. The maximum atomic E-state index is 5.62. The number of rotatable bonds is 3. The molecule has 2 N–H and O–H groups in total. The van der Waals surface area contributed by atoms with E-state index in [4.69, 9.17) is 5.73 Å². The van der Waals surface area contributed by atoms with Gasteiger partial charge in [0.05, 0.1) is 0 Å². The first-order valence-electron chi connectivity index (χ1n) is 5.06. The van der Waals surface area contributed by atoms with E-state index in [0.29, 0.717) is 0 Å². The van der Waals surface area contributed by atoms with Crippen LogP contribution in [0, 0.1) is 11.8 Å². The first-order chi connectivity index (χ1) is 5.36. The van der Waals surface area contributed by atoms with E-state index in [9.17, 15) is 0 Å². The highest BCUT2D eigenvalue weighted by molar-refractivity contribution is 4.72. The SMILES string of the molecule is CCC[C@H]1CC[C@@H](CN)CC1. The Bertz CT molecular complexity index is 93.0. The lowest BCUT2D eigenvalue weighted by molar-refractivity contribution is 0.267. The Morgan fingerprint density at radius 2 is 1.64 bits per heavy atom. The van der Waals surface area contributed by atoms with Gasteiger partial charge >= 0.3 is 0 Å². The number of hydrogen-bond acceptors (Lipinski definition) is 1. The summed E-state index contributed by atoms with van der Waals surface area (Å²) in [6.07, 6.45) is 8.46. The van der Waals surface area contributed by atoms with Crippen LogP contribution in [0.1, 0.15) is 45.4 Å². The third kappa shape index (κ3) is 2.82. The summed E-state index contributed by atoms with van der Waals surface area (Å²) in [6.45, 7) is 3.20. The van der Waals surface area contributed by atoms with Crippen LogP contribution in [0.4, 0.5) is 0 Å². The molecule has 0 bridgehead atoms. The van der Waals surface area contributed by atoms with Crippen molar-refractivity contribution < 1.29 is 0 Å². The fourth-order valence-corrected chi connectivity index (χ4v) is 2.16. The van der Waals surface area contributed by atoms with E-state index in [0.717, 1.165) is 18.4 Å². The standard InChI is InChI=1S/C10H21N/c1-2-3-9-4-6-10(8-11)7-5-9/h9-10H,2-8,11H2,1H3/t9-,10+. The molecule has 1 aliphatic rings. The van der Waals surface area contributed by atoms with Gasteiger partial charge < -0.3 is 5.73 Å². The first kappa shape index (κ1) is 9.05. The maximum absolute atomic E-state index is 5.62. The third-order valence-electron chi connectivity index (χ3n) is 3.00. The van der Waals surface area contributed by atoms with Gasteiger partial charge in [0, 0.05) is 0 Å². The summed E-state index contributed by atoms with van der Waals surface area (Å²) in [5.41, 5.74) is 5.62. The molecule has 0 amide bonds. The van der Waals surface area contributed by atoms with Gasteiger partial charge in [-0.3, -0.25) is 0 Å². The van der Waals surface area contributed by atoms with Gasteiger partial charge in [-0.25, -0.2) is 0 Å². The Balaban J connectivity index is 2.14. The van der Waals surface area contributed by atoms with Gasteiger partial charge in [-0.1, -0.05) is 32.6 Å². The fourth-order valence-electron chi connectivity index (χ4n) is 2.16. The second kappa shape index (κ2) is 4.76. The topological polar surface area (TPSA) is 26.0 Å². The minimum atomic E-state index is 0.850. The zero-order valence-corrected chi connectivity index (χ0v) is 7.68. The van der Waals surface area contributed by atoms with Crippen LogP contribution >= 0.6 is 0 Å². The smallest absolute Gasteiger partial charge is 0.00489 e. The van der Waals surface area contributed by atoms with Crippen LogP contribution in [0.25, 0.3) is 0 Å². The van der Waals surface area contributed by atoms with Crippen molar-refractivity contribution in [3.05, 3.63) is 0 Å². The van der Waals surface area contributed by atoms with Gasteiger partial charge in [0.2, 0.25) is 0 Å². The molecule has 0 spiro atoms. The highest BCUT2D eigenvalue weighted by Crippen LogP contribution is 2.30. The molecule has 0 aliphatic heterocycles. The van der Waals surface area contributed by atoms with Crippen molar-refractivity contribution >= 4 is 0 Å². The molecule has 0 radical (unpaired) electrons. The van der Waals surface area contributed by atoms with E-state index in [1.54, 1.807) is 0 Å². The Morgan fingerprint density at radius 3 is 2.09 bits per heavy atom. The first-order valence-corrected chi connectivity index (χ1v) is 5.06. The van der Waals surface area contributed by atoms with Crippen molar-refractivity contribution in [3.8, 4) is 0 Å². The van der Waals surface area contributed by atoms with Crippen molar-refractivity contribution in [2.24, 2.45) is 17.6 Å².